The van der Waals surface area contributed by atoms with E-state index in [1.165, 1.54) is 0 Å². The Labute approximate surface area is 100 Å². The van der Waals surface area contributed by atoms with Crippen LogP contribution in [0, 0.1) is 5.92 Å². The zero-order valence-corrected chi connectivity index (χ0v) is 10.2. The number of hydrogen-bond acceptors (Lipinski definition) is 2. The molecule has 86 valence electrons. The molecule has 0 aliphatic heterocycles. The van der Waals surface area contributed by atoms with Crippen LogP contribution >= 0.6 is 11.8 Å². The van der Waals surface area contributed by atoms with Gasteiger partial charge in [-0.2, -0.15) is 0 Å². The third kappa shape index (κ3) is 1.84. The molecule has 0 radical (unpaired) electrons. The molecule has 1 aromatic rings. The summed E-state index contributed by atoms with van der Waals surface area (Å²) in [4.78, 5) is 11.7. The summed E-state index contributed by atoms with van der Waals surface area (Å²) in [5.74, 6) is 0.447. The van der Waals surface area contributed by atoms with E-state index in [1.54, 1.807) is 11.8 Å². The van der Waals surface area contributed by atoms with Crippen LogP contribution in [0.4, 0.5) is 0 Å². The molecule has 0 bridgehead atoms. The molecule has 1 atom stereocenters. The maximum atomic E-state index is 11.7. The van der Waals surface area contributed by atoms with Gasteiger partial charge >= 0.3 is 5.97 Å². The summed E-state index contributed by atoms with van der Waals surface area (Å²) in [7, 11) is 0. The third-order valence-corrected chi connectivity index (χ3v) is 4.53. The number of aliphatic carboxylic acids is 1. The molecule has 1 N–H and O–H groups in total. The van der Waals surface area contributed by atoms with Gasteiger partial charge in [-0.05, 0) is 30.1 Å². The van der Waals surface area contributed by atoms with Gasteiger partial charge in [-0.3, -0.25) is 4.79 Å². The molecular weight excluding hydrogens is 220 g/mol. The van der Waals surface area contributed by atoms with Gasteiger partial charge in [-0.15, -0.1) is 11.8 Å². The molecule has 2 nitrogen and oxygen atoms in total. The number of rotatable bonds is 5. The molecular formula is C13H16O2S. The summed E-state index contributed by atoms with van der Waals surface area (Å²) >= 11 is 1.56. The summed E-state index contributed by atoms with van der Waals surface area (Å²) in [5, 5.41) is 9.60. The standard InChI is InChI=1S/C13H16O2S/c1-2-16-13(12(14)15,11-8-9-11)10-6-4-3-5-7-10/h3-7,11H,2,8-9H2,1H3,(H,14,15). The minimum atomic E-state index is -0.712. The third-order valence-electron chi connectivity index (χ3n) is 3.04. The predicted molar refractivity (Wildman–Crippen MR) is 66.6 cm³/mol. The average molecular weight is 236 g/mol. The second kappa shape index (κ2) is 4.50. The highest BCUT2D eigenvalue weighted by molar-refractivity contribution is 8.00. The van der Waals surface area contributed by atoms with Crippen molar-refractivity contribution in [3.63, 3.8) is 0 Å². The fourth-order valence-corrected chi connectivity index (χ4v) is 3.55. The van der Waals surface area contributed by atoms with Crippen molar-refractivity contribution < 1.29 is 9.90 Å². The van der Waals surface area contributed by atoms with E-state index in [0.717, 1.165) is 24.2 Å². The van der Waals surface area contributed by atoms with Crippen molar-refractivity contribution in [2.24, 2.45) is 5.92 Å². The molecule has 0 amide bonds. The number of carbonyl (C=O) groups is 1. The van der Waals surface area contributed by atoms with Gasteiger partial charge in [0.05, 0.1) is 0 Å². The van der Waals surface area contributed by atoms with Crippen LogP contribution in [-0.4, -0.2) is 16.8 Å². The summed E-state index contributed by atoms with van der Waals surface area (Å²) in [5.41, 5.74) is 0.942. The van der Waals surface area contributed by atoms with Gasteiger partial charge in [0, 0.05) is 0 Å². The minimum absolute atomic E-state index is 0.303. The van der Waals surface area contributed by atoms with Crippen molar-refractivity contribution in [1.82, 2.24) is 0 Å². The highest BCUT2D eigenvalue weighted by atomic mass is 32.2. The second-order valence-electron chi connectivity index (χ2n) is 4.11. The molecule has 2 rings (SSSR count). The van der Waals surface area contributed by atoms with E-state index >= 15 is 0 Å². The van der Waals surface area contributed by atoms with E-state index in [2.05, 4.69) is 0 Å². The molecule has 1 aliphatic carbocycles. The first-order chi connectivity index (χ1) is 7.71. The lowest BCUT2D eigenvalue weighted by atomic mass is 9.93. The van der Waals surface area contributed by atoms with Crippen LogP contribution in [0.1, 0.15) is 25.3 Å². The number of hydrogen-bond donors (Lipinski definition) is 1. The lowest BCUT2D eigenvalue weighted by molar-refractivity contribution is -0.140. The molecule has 16 heavy (non-hydrogen) atoms. The Bertz CT molecular complexity index is 373. The first-order valence-corrected chi connectivity index (χ1v) is 6.63. The van der Waals surface area contributed by atoms with E-state index in [4.69, 9.17) is 0 Å². The van der Waals surface area contributed by atoms with E-state index in [0.29, 0.717) is 5.92 Å². The number of carboxylic acid groups (broad SMARTS) is 1. The van der Waals surface area contributed by atoms with Crippen molar-refractivity contribution >= 4 is 17.7 Å². The van der Waals surface area contributed by atoms with E-state index in [1.807, 2.05) is 37.3 Å². The van der Waals surface area contributed by atoms with Crippen LogP contribution in [0.25, 0.3) is 0 Å². The zero-order chi connectivity index (χ0) is 11.6. The Kier molecular flexibility index (Phi) is 3.24. The number of carboxylic acids is 1. The molecule has 1 fully saturated rings. The minimum Gasteiger partial charge on any atom is -0.480 e. The largest absolute Gasteiger partial charge is 0.480 e. The smallest absolute Gasteiger partial charge is 0.324 e. The van der Waals surface area contributed by atoms with Crippen LogP contribution in [0.5, 0.6) is 0 Å². The maximum absolute atomic E-state index is 11.7. The topological polar surface area (TPSA) is 37.3 Å². The Morgan fingerprint density at radius 3 is 2.50 bits per heavy atom. The van der Waals surface area contributed by atoms with Crippen LogP contribution in [0.15, 0.2) is 30.3 Å². The first kappa shape index (κ1) is 11.5. The Morgan fingerprint density at radius 2 is 2.06 bits per heavy atom. The number of benzene rings is 1. The maximum Gasteiger partial charge on any atom is 0.324 e. The monoisotopic (exact) mass is 236 g/mol. The molecule has 0 spiro atoms. The fraction of sp³-hybridized carbons (Fsp3) is 0.462. The van der Waals surface area contributed by atoms with Crippen molar-refractivity contribution in [3.8, 4) is 0 Å². The van der Waals surface area contributed by atoms with Gasteiger partial charge in [0.1, 0.15) is 4.75 Å². The summed E-state index contributed by atoms with van der Waals surface area (Å²) in [6.45, 7) is 2.02. The van der Waals surface area contributed by atoms with Crippen molar-refractivity contribution in [3.05, 3.63) is 35.9 Å². The lowest BCUT2D eigenvalue weighted by Gasteiger charge is -2.29. The van der Waals surface area contributed by atoms with E-state index in [9.17, 15) is 9.90 Å². The summed E-state index contributed by atoms with van der Waals surface area (Å²) in [6, 6.07) is 9.65. The molecule has 3 heteroatoms. The first-order valence-electron chi connectivity index (χ1n) is 5.64. The van der Waals surface area contributed by atoms with Crippen LogP contribution in [-0.2, 0) is 9.54 Å². The molecule has 1 aliphatic rings. The SMILES string of the molecule is CCSC(C(=O)O)(c1ccccc1)C1CC1. The quantitative estimate of drug-likeness (QED) is 0.853. The van der Waals surface area contributed by atoms with Gasteiger partial charge in [0.15, 0.2) is 0 Å². The normalized spacial score (nSPS) is 19.1. The molecule has 1 saturated carbocycles. The van der Waals surface area contributed by atoms with Crippen molar-refractivity contribution in [2.45, 2.75) is 24.5 Å². The molecule has 0 aromatic heterocycles. The van der Waals surface area contributed by atoms with Crippen LogP contribution in [0.3, 0.4) is 0 Å². The van der Waals surface area contributed by atoms with Gasteiger partial charge < -0.3 is 5.11 Å². The van der Waals surface area contributed by atoms with Crippen LogP contribution in [0.2, 0.25) is 0 Å². The Morgan fingerprint density at radius 1 is 1.44 bits per heavy atom. The number of thioether (sulfide) groups is 1. The highest BCUT2D eigenvalue weighted by Crippen LogP contribution is 2.54. The fourth-order valence-electron chi connectivity index (χ4n) is 2.20. The van der Waals surface area contributed by atoms with E-state index in [-0.39, 0.29) is 0 Å². The second-order valence-corrected chi connectivity index (χ2v) is 5.62. The van der Waals surface area contributed by atoms with E-state index < -0.39 is 10.7 Å². The van der Waals surface area contributed by atoms with Crippen molar-refractivity contribution in [1.29, 1.82) is 0 Å². The average Bonchev–Trinajstić information content (AvgIpc) is 3.11. The Hall–Kier alpha value is -0.960. The highest BCUT2D eigenvalue weighted by Gasteiger charge is 2.52. The van der Waals surface area contributed by atoms with Gasteiger partial charge in [-0.1, -0.05) is 37.3 Å². The van der Waals surface area contributed by atoms with Gasteiger partial charge in [0.25, 0.3) is 0 Å². The zero-order valence-electron chi connectivity index (χ0n) is 9.35. The summed E-state index contributed by atoms with van der Waals surface area (Å²) < 4.78 is -0.712. The molecule has 0 heterocycles. The predicted octanol–water partition coefficient (Wildman–Crippen LogP) is 3.13. The van der Waals surface area contributed by atoms with Gasteiger partial charge in [-0.25, -0.2) is 0 Å². The van der Waals surface area contributed by atoms with Crippen molar-refractivity contribution in [2.75, 3.05) is 5.75 Å². The lowest BCUT2D eigenvalue weighted by Crippen LogP contribution is -2.35. The summed E-state index contributed by atoms with van der Waals surface area (Å²) in [6.07, 6.45) is 2.07. The van der Waals surface area contributed by atoms with Crippen LogP contribution < -0.4 is 0 Å². The molecule has 1 aromatic carbocycles. The van der Waals surface area contributed by atoms with Gasteiger partial charge in [0.2, 0.25) is 0 Å². The molecule has 0 saturated heterocycles. The Balaban J connectivity index is 2.43. The molecule has 1 unspecified atom stereocenters.